The highest BCUT2D eigenvalue weighted by Crippen LogP contribution is 2.32. The highest BCUT2D eigenvalue weighted by atomic mass is 16.6. The molecule has 0 aromatic heterocycles. The molecule has 0 spiro atoms. The topological polar surface area (TPSA) is 120 Å². The molecule has 1 fully saturated rings. The molecular formula is C21H31N3O7. The predicted molar refractivity (Wildman–Crippen MR) is 114 cm³/mol. The zero-order chi connectivity index (χ0) is 23.6. The molecule has 1 heterocycles. The normalized spacial score (nSPS) is 19.0. The Bertz CT molecular complexity index is 806. The molecular weight excluding hydrogens is 406 g/mol. The Labute approximate surface area is 182 Å². The van der Waals surface area contributed by atoms with Gasteiger partial charge in [-0.3, -0.25) is 15.0 Å². The summed E-state index contributed by atoms with van der Waals surface area (Å²) in [5.74, 6) is -0.155. The first-order valence-corrected chi connectivity index (χ1v) is 10.1. The van der Waals surface area contributed by atoms with E-state index in [-0.39, 0.29) is 18.7 Å². The maximum atomic E-state index is 12.7. The molecule has 1 aromatic carbocycles. The Hall–Kier alpha value is -3.04. The van der Waals surface area contributed by atoms with Gasteiger partial charge in [-0.2, -0.15) is 0 Å². The summed E-state index contributed by atoms with van der Waals surface area (Å²) in [5, 5.41) is 13.9. The van der Waals surface area contributed by atoms with Gasteiger partial charge < -0.3 is 19.5 Å². The molecule has 2 atom stereocenters. The number of nitro benzene ring substituents is 1. The van der Waals surface area contributed by atoms with Crippen molar-refractivity contribution >= 4 is 23.4 Å². The van der Waals surface area contributed by atoms with Gasteiger partial charge in [0.2, 0.25) is 0 Å². The van der Waals surface area contributed by atoms with E-state index < -0.39 is 40.3 Å². The standard InChI is InChI=1S/C21H31N3O7/c1-20(2,3)30-18(25)17-11-14(12-23(17)19(26)31-21(4,5)6)29-13-8-9-16(24(27)28)15(10-13)22-7/h8-10,14,17,22H,11-12H2,1-7H3/t14-,17-/m1/s1. The summed E-state index contributed by atoms with van der Waals surface area (Å²) in [7, 11) is 1.57. The molecule has 1 aromatic rings. The number of hydrogen-bond donors (Lipinski definition) is 1. The molecule has 0 aliphatic carbocycles. The molecule has 0 unspecified atom stereocenters. The molecule has 1 N–H and O–H groups in total. The van der Waals surface area contributed by atoms with Crippen molar-refractivity contribution in [3.63, 3.8) is 0 Å². The van der Waals surface area contributed by atoms with E-state index in [0.717, 1.165) is 0 Å². The second kappa shape index (κ2) is 8.99. The van der Waals surface area contributed by atoms with Crippen LogP contribution in [0.5, 0.6) is 5.75 Å². The van der Waals surface area contributed by atoms with Crippen molar-refractivity contribution in [2.45, 2.75) is 71.3 Å². The second-order valence-electron chi connectivity index (χ2n) is 9.34. The minimum atomic E-state index is -0.860. The number of ether oxygens (including phenoxy) is 3. The number of nitrogens with one attached hydrogen (secondary N) is 1. The number of anilines is 1. The van der Waals surface area contributed by atoms with E-state index in [9.17, 15) is 19.7 Å². The van der Waals surface area contributed by atoms with Crippen LogP contribution in [-0.2, 0) is 14.3 Å². The van der Waals surface area contributed by atoms with Gasteiger partial charge in [0.15, 0.2) is 0 Å². The summed E-state index contributed by atoms with van der Waals surface area (Å²) < 4.78 is 16.9. The maximum Gasteiger partial charge on any atom is 0.411 e. The lowest BCUT2D eigenvalue weighted by Crippen LogP contribution is -2.45. The van der Waals surface area contributed by atoms with Gasteiger partial charge in [-0.15, -0.1) is 0 Å². The molecule has 1 amide bonds. The van der Waals surface area contributed by atoms with Gasteiger partial charge in [-0.05, 0) is 47.6 Å². The van der Waals surface area contributed by atoms with Gasteiger partial charge in [-0.25, -0.2) is 9.59 Å². The van der Waals surface area contributed by atoms with Gasteiger partial charge in [0.25, 0.3) is 5.69 Å². The van der Waals surface area contributed by atoms with Crippen molar-refractivity contribution in [1.29, 1.82) is 0 Å². The van der Waals surface area contributed by atoms with Crippen LogP contribution in [0.4, 0.5) is 16.2 Å². The number of hydrogen-bond acceptors (Lipinski definition) is 8. The van der Waals surface area contributed by atoms with Crippen molar-refractivity contribution in [1.82, 2.24) is 4.90 Å². The van der Waals surface area contributed by atoms with Crippen LogP contribution in [0.25, 0.3) is 0 Å². The molecule has 2 rings (SSSR count). The molecule has 0 saturated carbocycles. The average Bonchev–Trinajstić information content (AvgIpc) is 3.02. The summed E-state index contributed by atoms with van der Waals surface area (Å²) in [6.07, 6.45) is -0.940. The van der Waals surface area contributed by atoms with Crippen LogP contribution in [0.3, 0.4) is 0 Å². The highest BCUT2D eigenvalue weighted by molar-refractivity contribution is 5.82. The Morgan fingerprint density at radius 3 is 2.26 bits per heavy atom. The van der Waals surface area contributed by atoms with Crippen molar-refractivity contribution in [3.05, 3.63) is 28.3 Å². The number of nitro groups is 1. The second-order valence-corrected chi connectivity index (χ2v) is 9.34. The number of esters is 1. The fourth-order valence-electron chi connectivity index (χ4n) is 3.14. The van der Waals surface area contributed by atoms with Crippen LogP contribution >= 0.6 is 0 Å². The van der Waals surface area contributed by atoms with E-state index in [2.05, 4.69) is 5.32 Å². The number of nitrogens with zero attached hydrogens (tertiary/aromatic N) is 2. The Morgan fingerprint density at radius 2 is 1.74 bits per heavy atom. The van der Waals surface area contributed by atoms with Crippen LogP contribution in [0.2, 0.25) is 0 Å². The van der Waals surface area contributed by atoms with E-state index in [4.69, 9.17) is 14.2 Å². The fraction of sp³-hybridized carbons (Fsp3) is 0.619. The molecule has 1 aliphatic rings. The zero-order valence-corrected chi connectivity index (χ0v) is 19.1. The van der Waals surface area contributed by atoms with E-state index in [1.165, 1.54) is 23.1 Å². The highest BCUT2D eigenvalue weighted by Gasteiger charge is 2.44. The molecule has 31 heavy (non-hydrogen) atoms. The lowest BCUT2D eigenvalue weighted by molar-refractivity contribution is -0.384. The number of likely N-dealkylation sites (tertiary alicyclic amines) is 1. The Kier molecular flexibility index (Phi) is 7.03. The molecule has 10 nitrogen and oxygen atoms in total. The fourth-order valence-corrected chi connectivity index (χ4v) is 3.14. The zero-order valence-electron chi connectivity index (χ0n) is 19.1. The quantitative estimate of drug-likeness (QED) is 0.420. The number of carbonyl (C=O) groups excluding carboxylic acids is 2. The van der Waals surface area contributed by atoms with Gasteiger partial charge in [0.1, 0.15) is 34.8 Å². The van der Waals surface area contributed by atoms with Gasteiger partial charge in [0, 0.05) is 25.6 Å². The van der Waals surface area contributed by atoms with Crippen molar-refractivity contribution in [3.8, 4) is 5.75 Å². The number of benzene rings is 1. The predicted octanol–water partition coefficient (Wildman–Crippen LogP) is 3.74. The molecule has 1 saturated heterocycles. The third kappa shape index (κ3) is 6.73. The average molecular weight is 437 g/mol. The number of rotatable bonds is 5. The van der Waals surface area contributed by atoms with Gasteiger partial charge in [0.05, 0.1) is 11.5 Å². The summed E-state index contributed by atoms with van der Waals surface area (Å²) in [6, 6.07) is 3.47. The number of amides is 1. The van der Waals surface area contributed by atoms with Crippen LogP contribution in [0.15, 0.2) is 18.2 Å². The third-order valence-electron chi connectivity index (χ3n) is 4.31. The van der Waals surface area contributed by atoms with E-state index in [1.807, 2.05) is 0 Å². The lowest BCUT2D eigenvalue weighted by atomic mass is 10.1. The third-order valence-corrected chi connectivity index (χ3v) is 4.31. The molecule has 172 valence electrons. The van der Waals surface area contributed by atoms with E-state index in [0.29, 0.717) is 11.4 Å². The van der Waals surface area contributed by atoms with Crippen LogP contribution in [0, 0.1) is 10.1 Å². The van der Waals surface area contributed by atoms with E-state index >= 15 is 0 Å². The molecule has 1 aliphatic heterocycles. The Balaban J connectivity index is 2.23. The minimum Gasteiger partial charge on any atom is -0.488 e. The number of carbonyl (C=O) groups is 2. The summed E-state index contributed by atoms with van der Waals surface area (Å²) in [5.41, 5.74) is -1.22. The largest absolute Gasteiger partial charge is 0.488 e. The summed E-state index contributed by atoms with van der Waals surface area (Å²) >= 11 is 0. The SMILES string of the molecule is CNc1cc(O[C@@H]2C[C@H](C(=O)OC(C)(C)C)N(C(=O)OC(C)(C)C)C2)ccc1[N+](=O)[O-]. The van der Waals surface area contributed by atoms with Gasteiger partial charge >= 0.3 is 12.1 Å². The van der Waals surface area contributed by atoms with Crippen LogP contribution < -0.4 is 10.1 Å². The molecule has 0 bridgehead atoms. The summed E-state index contributed by atoms with van der Waals surface area (Å²) in [4.78, 5) is 37.4. The molecule has 0 radical (unpaired) electrons. The first-order valence-electron chi connectivity index (χ1n) is 10.1. The first-order chi connectivity index (χ1) is 14.2. The van der Waals surface area contributed by atoms with Crippen molar-refractivity contribution in [2.75, 3.05) is 18.9 Å². The van der Waals surface area contributed by atoms with Crippen LogP contribution in [-0.4, -0.2) is 58.8 Å². The van der Waals surface area contributed by atoms with E-state index in [1.54, 1.807) is 48.6 Å². The minimum absolute atomic E-state index is 0.0803. The summed E-state index contributed by atoms with van der Waals surface area (Å²) in [6.45, 7) is 10.6. The van der Waals surface area contributed by atoms with Crippen molar-refractivity contribution in [2.24, 2.45) is 0 Å². The van der Waals surface area contributed by atoms with Crippen LogP contribution in [0.1, 0.15) is 48.0 Å². The lowest BCUT2D eigenvalue weighted by Gasteiger charge is -2.29. The molecule has 10 heteroatoms. The van der Waals surface area contributed by atoms with Crippen molar-refractivity contribution < 1.29 is 28.7 Å². The maximum absolute atomic E-state index is 12.7. The smallest absolute Gasteiger partial charge is 0.411 e. The van der Waals surface area contributed by atoms with Gasteiger partial charge in [-0.1, -0.05) is 0 Å². The monoisotopic (exact) mass is 437 g/mol. The Morgan fingerprint density at radius 1 is 1.13 bits per heavy atom. The first kappa shape index (κ1) is 24.2.